The van der Waals surface area contributed by atoms with E-state index >= 15 is 0 Å². The van der Waals surface area contributed by atoms with Crippen LogP contribution in [-0.4, -0.2) is 40.8 Å². The summed E-state index contributed by atoms with van der Waals surface area (Å²) in [5.41, 5.74) is 7.34. The van der Waals surface area contributed by atoms with Crippen molar-refractivity contribution in [1.29, 1.82) is 0 Å². The molecule has 0 bridgehead atoms. The van der Waals surface area contributed by atoms with E-state index in [9.17, 15) is 13.2 Å². The number of ether oxygens (including phenoxy) is 2. The molecule has 1 aromatic rings. The molecular formula is C17H24N2O5S. The number of hydrogen-bond acceptors (Lipinski definition) is 6. The molecule has 1 aliphatic heterocycles. The quantitative estimate of drug-likeness (QED) is 0.819. The Morgan fingerprint density at radius 3 is 2.40 bits per heavy atom. The smallest absolute Gasteiger partial charge is 0.234 e. The van der Waals surface area contributed by atoms with Gasteiger partial charge in [-0.05, 0) is 18.9 Å². The van der Waals surface area contributed by atoms with Crippen molar-refractivity contribution in [2.24, 2.45) is 5.92 Å². The maximum atomic E-state index is 11.9. The number of hydrogen-bond donors (Lipinski definition) is 2. The molecule has 2 atom stereocenters. The molecule has 1 heterocycles. The van der Waals surface area contributed by atoms with Gasteiger partial charge in [0.1, 0.15) is 16.4 Å². The van der Waals surface area contributed by atoms with Crippen molar-refractivity contribution in [3.8, 4) is 11.5 Å². The van der Waals surface area contributed by atoms with Crippen LogP contribution in [0.1, 0.15) is 25.8 Å². The highest BCUT2D eigenvalue weighted by Gasteiger charge is 2.27. The lowest BCUT2D eigenvalue weighted by atomic mass is 9.90. The second kappa shape index (κ2) is 7.45. The maximum absolute atomic E-state index is 11.9. The van der Waals surface area contributed by atoms with Crippen LogP contribution in [0, 0.1) is 5.92 Å². The van der Waals surface area contributed by atoms with E-state index in [1.165, 1.54) is 20.3 Å². The first kappa shape index (κ1) is 19.3. The highest BCUT2D eigenvalue weighted by molar-refractivity contribution is 7.90. The summed E-state index contributed by atoms with van der Waals surface area (Å²) in [6.45, 7) is 3.94. The SMILES string of the molecule is COc1cc(S(C)(=O)=O)c(OC)cc1/C=C(\C)C1NNC(=O)CC1C. The Hall–Kier alpha value is -2.06. The Labute approximate surface area is 148 Å². The van der Waals surface area contributed by atoms with Crippen molar-refractivity contribution in [3.63, 3.8) is 0 Å². The van der Waals surface area contributed by atoms with Crippen molar-refractivity contribution in [2.45, 2.75) is 31.2 Å². The molecule has 1 aromatic carbocycles. The van der Waals surface area contributed by atoms with E-state index in [0.717, 1.165) is 11.8 Å². The van der Waals surface area contributed by atoms with Crippen LogP contribution in [0.5, 0.6) is 11.5 Å². The summed E-state index contributed by atoms with van der Waals surface area (Å²) in [5, 5.41) is 0. The first-order valence-corrected chi connectivity index (χ1v) is 9.75. The zero-order chi connectivity index (χ0) is 18.8. The summed E-state index contributed by atoms with van der Waals surface area (Å²) in [4.78, 5) is 11.5. The molecule has 1 saturated heterocycles. The highest BCUT2D eigenvalue weighted by atomic mass is 32.2. The molecule has 1 fully saturated rings. The van der Waals surface area contributed by atoms with Crippen LogP contribution in [0.15, 0.2) is 22.6 Å². The second-order valence-corrected chi connectivity index (χ2v) is 8.24. The van der Waals surface area contributed by atoms with Crippen molar-refractivity contribution >= 4 is 21.8 Å². The average Bonchev–Trinajstić information content (AvgIpc) is 2.53. The molecule has 0 spiro atoms. The molecule has 2 rings (SSSR count). The van der Waals surface area contributed by atoms with Crippen LogP contribution in [0.25, 0.3) is 6.08 Å². The zero-order valence-corrected chi connectivity index (χ0v) is 15.9. The summed E-state index contributed by atoms with van der Waals surface area (Å²) in [6, 6.07) is 3.08. The van der Waals surface area contributed by atoms with E-state index in [1.54, 1.807) is 6.07 Å². The predicted octanol–water partition coefficient (Wildman–Crippen LogP) is 1.54. The minimum Gasteiger partial charge on any atom is -0.496 e. The molecule has 7 nitrogen and oxygen atoms in total. The second-order valence-electron chi connectivity index (χ2n) is 6.26. The van der Waals surface area contributed by atoms with Crippen LogP contribution in [0.3, 0.4) is 0 Å². The van der Waals surface area contributed by atoms with Gasteiger partial charge >= 0.3 is 0 Å². The Kier molecular flexibility index (Phi) is 5.74. The van der Waals surface area contributed by atoms with Crippen molar-refractivity contribution < 1.29 is 22.7 Å². The molecule has 0 aliphatic carbocycles. The van der Waals surface area contributed by atoms with Gasteiger partial charge in [0.15, 0.2) is 9.84 Å². The van der Waals surface area contributed by atoms with Gasteiger partial charge in [-0.25, -0.2) is 13.8 Å². The maximum Gasteiger partial charge on any atom is 0.234 e. The zero-order valence-electron chi connectivity index (χ0n) is 15.0. The van der Waals surface area contributed by atoms with Crippen LogP contribution in [0.4, 0.5) is 0 Å². The molecule has 0 saturated carbocycles. The Morgan fingerprint density at radius 2 is 1.88 bits per heavy atom. The highest BCUT2D eigenvalue weighted by Crippen LogP contribution is 2.34. The van der Waals surface area contributed by atoms with Crippen molar-refractivity contribution in [2.75, 3.05) is 20.5 Å². The van der Waals surface area contributed by atoms with Gasteiger partial charge in [0.25, 0.3) is 0 Å². The number of nitrogens with one attached hydrogen (secondary N) is 2. The van der Waals surface area contributed by atoms with Gasteiger partial charge in [0.2, 0.25) is 5.91 Å². The number of rotatable bonds is 5. The average molecular weight is 368 g/mol. The van der Waals surface area contributed by atoms with Gasteiger partial charge in [-0.2, -0.15) is 0 Å². The van der Waals surface area contributed by atoms with Gasteiger partial charge in [0.05, 0.1) is 20.3 Å². The summed E-state index contributed by atoms with van der Waals surface area (Å²) < 4.78 is 34.5. The Morgan fingerprint density at radius 1 is 1.24 bits per heavy atom. The Bertz CT molecular complexity index is 802. The van der Waals surface area contributed by atoms with Gasteiger partial charge in [-0.3, -0.25) is 10.2 Å². The normalized spacial score (nSPS) is 21.6. The van der Waals surface area contributed by atoms with E-state index in [2.05, 4.69) is 10.9 Å². The largest absolute Gasteiger partial charge is 0.496 e. The first-order chi connectivity index (χ1) is 11.7. The van der Waals surface area contributed by atoms with E-state index in [4.69, 9.17) is 9.47 Å². The minimum atomic E-state index is -3.44. The Balaban J connectivity index is 2.46. The van der Waals surface area contributed by atoms with E-state index in [0.29, 0.717) is 17.7 Å². The molecule has 0 radical (unpaired) electrons. The van der Waals surface area contributed by atoms with Crippen LogP contribution >= 0.6 is 0 Å². The summed E-state index contributed by atoms with van der Waals surface area (Å²) in [6.07, 6.45) is 3.47. The standard InChI is InChI=1S/C17H24N2O5S/c1-10(17-11(2)7-16(20)18-19-17)6-12-8-14(24-4)15(25(5,21)22)9-13(12)23-3/h6,8-9,11,17,19H,7H2,1-5H3,(H,18,20)/b10-6+. The molecular weight excluding hydrogens is 344 g/mol. The third-order valence-corrected chi connectivity index (χ3v) is 5.35. The lowest BCUT2D eigenvalue weighted by Gasteiger charge is -2.31. The lowest BCUT2D eigenvalue weighted by molar-refractivity contribution is -0.125. The van der Waals surface area contributed by atoms with Gasteiger partial charge in [-0.1, -0.05) is 18.6 Å². The van der Waals surface area contributed by atoms with Gasteiger partial charge in [0, 0.05) is 24.3 Å². The molecule has 1 amide bonds. The fraction of sp³-hybridized carbons (Fsp3) is 0.471. The van der Waals surface area contributed by atoms with Crippen LogP contribution in [0.2, 0.25) is 0 Å². The molecule has 25 heavy (non-hydrogen) atoms. The number of carbonyl (C=O) groups is 1. The minimum absolute atomic E-state index is 0.0250. The molecule has 138 valence electrons. The summed E-state index contributed by atoms with van der Waals surface area (Å²) >= 11 is 0. The number of hydrazine groups is 1. The van der Waals surface area contributed by atoms with E-state index in [-0.39, 0.29) is 28.5 Å². The van der Waals surface area contributed by atoms with Crippen LogP contribution in [-0.2, 0) is 14.6 Å². The first-order valence-electron chi connectivity index (χ1n) is 7.86. The fourth-order valence-electron chi connectivity index (χ4n) is 2.96. The van der Waals surface area contributed by atoms with Gasteiger partial charge < -0.3 is 9.47 Å². The predicted molar refractivity (Wildman–Crippen MR) is 95.2 cm³/mol. The van der Waals surface area contributed by atoms with Gasteiger partial charge in [-0.15, -0.1) is 0 Å². The number of benzene rings is 1. The van der Waals surface area contributed by atoms with E-state index < -0.39 is 9.84 Å². The van der Waals surface area contributed by atoms with E-state index in [1.807, 2.05) is 19.9 Å². The molecule has 0 aromatic heterocycles. The molecule has 1 aliphatic rings. The molecule has 2 N–H and O–H groups in total. The number of methoxy groups -OCH3 is 2. The third-order valence-electron chi connectivity index (χ3n) is 4.23. The summed E-state index contributed by atoms with van der Waals surface area (Å²) in [5.74, 6) is 0.801. The lowest BCUT2D eigenvalue weighted by Crippen LogP contribution is -2.53. The number of amides is 1. The van der Waals surface area contributed by atoms with Crippen molar-refractivity contribution in [3.05, 3.63) is 23.3 Å². The number of carbonyl (C=O) groups excluding carboxylic acids is 1. The topological polar surface area (TPSA) is 93.7 Å². The number of sulfone groups is 1. The monoisotopic (exact) mass is 368 g/mol. The van der Waals surface area contributed by atoms with Crippen molar-refractivity contribution in [1.82, 2.24) is 10.9 Å². The fourth-order valence-corrected chi connectivity index (χ4v) is 3.78. The summed E-state index contributed by atoms with van der Waals surface area (Å²) in [7, 11) is -0.528. The molecule has 8 heteroatoms. The third kappa shape index (κ3) is 4.32. The van der Waals surface area contributed by atoms with Crippen LogP contribution < -0.4 is 20.3 Å². The molecule has 2 unspecified atom stereocenters.